The molecule has 0 atom stereocenters. The van der Waals surface area contributed by atoms with E-state index in [1.807, 2.05) is 0 Å². The molecule has 0 saturated carbocycles. The van der Waals surface area contributed by atoms with Crippen molar-refractivity contribution in [1.29, 1.82) is 0 Å². The van der Waals surface area contributed by atoms with E-state index in [4.69, 9.17) is 0 Å². The summed E-state index contributed by atoms with van der Waals surface area (Å²) in [4.78, 5) is 3.95. The van der Waals surface area contributed by atoms with Crippen LogP contribution in [0, 0.1) is 5.82 Å². The van der Waals surface area contributed by atoms with Gasteiger partial charge in [-0.3, -0.25) is 4.40 Å². The van der Waals surface area contributed by atoms with E-state index in [0.29, 0.717) is 4.73 Å². The first-order valence-electron chi connectivity index (χ1n) is 3.05. The van der Waals surface area contributed by atoms with Gasteiger partial charge in [-0.1, -0.05) is 0 Å². The molecule has 0 unspecified atom stereocenters. The van der Waals surface area contributed by atoms with Gasteiger partial charge < -0.3 is 0 Å². The highest BCUT2D eigenvalue weighted by molar-refractivity contribution is 9.10. The minimum atomic E-state index is -0.267. The Morgan fingerprint density at radius 3 is 3.09 bits per heavy atom. The minimum absolute atomic E-state index is 0.267. The topological polar surface area (TPSA) is 17.3 Å². The predicted molar refractivity (Wildman–Crippen MR) is 42.9 cm³/mol. The summed E-state index contributed by atoms with van der Waals surface area (Å²) in [6.07, 6.45) is 3.05. The number of nitrogens with zero attached hydrogens (tertiary/aromatic N) is 2. The van der Waals surface area contributed by atoms with Crippen LogP contribution in [0.2, 0.25) is 0 Å². The molecule has 0 N–H and O–H groups in total. The van der Waals surface area contributed by atoms with Crippen molar-refractivity contribution in [2.75, 3.05) is 0 Å². The number of pyridine rings is 1. The van der Waals surface area contributed by atoms with Gasteiger partial charge in [-0.15, -0.1) is 0 Å². The first kappa shape index (κ1) is 6.79. The first-order valence-corrected chi connectivity index (χ1v) is 3.85. The second-order valence-electron chi connectivity index (χ2n) is 2.17. The molecule has 0 aromatic carbocycles. The molecule has 4 heteroatoms. The number of imidazole rings is 1. The van der Waals surface area contributed by atoms with Crippen LogP contribution in [-0.2, 0) is 0 Å². The van der Waals surface area contributed by atoms with Gasteiger partial charge in [0.1, 0.15) is 5.82 Å². The van der Waals surface area contributed by atoms with Crippen molar-refractivity contribution >= 4 is 21.4 Å². The summed E-state index contributed by atoms with van der Waals surface area (Å²) < 4.78 is 14.9. The van der Waals surface area contributed by atoms with Crippen molar-refractivity contribution < 1.29 is 4.39 Å². The number of rotatable bonds is 0. The molecule has 56 valence electrons. The molecule has 0 aliphatic rings. The van der Waals surface area contributed by atoms with Crippen LogP contribution < -0.4 is 0 Å². The highest BCUT2D eigenvalue weighted by Crippen LogP contribution is 2.12. The Hall–Kier alpha value is -0.900. The van der Waals surface area contributed by atoms with Crippen LogP contribution in [0.4, 0.5) is 4.39 Å². The fraction of sp³-hybridized carbons (Fsp3) is 0. The van der Waals surface area contributed by atoms with Crippen molar-refractivity contribution in [3.63, 3.8) is 0 Å². The van der Waals surface area contributed by atoms with Crippen molar-refractivity contribution in [3.05, 3.63) is 35.1 Å². The van der Waals surface area contributed by atoms with Crippen LogP contribution in [0.3, 0.4) is 0 Å². The zero-order valence-corrected chi connectivity index (χ0v) is 7.05. The van der Waals surface area contributed by atoms with E-state index in [1.165, 1.54) is 12.3 Å². The van der Waals surface area contributed by atoms with Gasteiger partial charge in [0.25, 0.3) is 0 Å². The largest absolute Gasteiger partial charge is 0.291 e. The number of hydrogen-bond donors (Lipinski definition) is 0. The summed E-state index contributed by atoms with van der Waals surface area (Å²) in [6, 6.07) is 3.08. The van der Waals surface area contributed by atoms with E-state index in [1.54, 1.807) is 16.7 Å². The fourth-order valence-corrected chi connectivity index (χ4v) is 1.34. The average molecular weight is 215 g/mol. The highest BCUT2D eigenvalue weighted by atomic mass is 79.9. The van der Waals surface area contributed by atoms with E-state index in [9.17, 15) is 4.39 Å². The molecule has 2 nitrogen and oxygen atoms in total. The lowest BCUT2D eigenvalue weighted by atomic mass is 10.4. The molecule has 2 rings (SSSR count). The van der Waals surface area contributed by atoms with E-state index in [-0.39, 0.29) is 5.82 Å². The lowest BCUT2D eigenvalue weighted by Gasteiger charge is -1.93. The lowest BCUT2D eigenvalue weighted by molar-refractivity contribution is 0.618. The molecule has 0 aliphatic carbocycles. The Balaban J connectivity index is 2.87. The number of halogens is 2. The Morgan fingerprint density at radius 1 is 1.45 bits per heavy atom. The minimum Gasteiger partial charge on any atom is -0.291 e. The Bertz CT molecular complexity index is 396. The van der Waals surface area contributed by atoms with Gasteiger partial charge in [-0.2, -0.15) is 0 Å². The van der Waals surface area contributed by atoms with Gasteiger partial charge in [0.05, 0.1) is 11.7 Å². The van der Waals surface area contributed by atoms with E-state index in [2.05, 4.69) is 20.9 Å². The normalized spacial score (nSPS) is 10.7. The molecule has 0 radical (unpaired) electrons. The second-order valence-corrected chi connectivity index (χ2v) is 2.88. The predicted octanol–water partition coefficient (Wildman–Crippen LogP) is 2.24. The summed E-state index contributed by atoms with van der Waals surface area (Å²) in [7, 11) is 0. The van der Waals surface area contributed by atoms with Gasteiger partial charge in [0, 0.05) is 6.20 Å². The van der Waals surface area contributed by atoms with Crippen molar-refractivity contribution in [2.45, 2.75) is 0 Å². The van der Waals surface area contributed by atoms with Gasteiger partial charge in [0.2, 0.25) is 0 Å². The smallest absolute Gasteiger partial charge is 0.181 e. The van der Waals surface area contributed by atoms with Crippen LogP contribution in [0.15, 0.2) is 29.3 Å². The van der Waals surface area contributed by atoms with Crippen LogP contribution in [0.1, 0.15) is 0 Å². The maximum atomic E-state index is 12.6. The van der Waals surface area contributed by atoms with Crippen LogP contribution in [0.25, 0.3) is 5.52 Å². The quantitative estimate of drug-likeness (QED) is 0.658. The van der Waals surface area contributed by atoms with Gasteiger partial charge >= 0.3 is 0 Å². The molecule has 2 aromatic heterocycles. The Kier molecular flexibility index (Phi) is 1.42. The molecule has 0 spiro atoms. The van der Waals surface area contributed by atoms with Crippen molar-refractivity contribution in [1.82, 2.24) is 9.38 Å². The molecular weight excluding hydrogens is 211 g/mol. The third-order valence-corrected chi connectivity index (χ3v) is 2.03. The summed E-state index contributed by atoms with van der Waals surface area (Å²) in [5.74, 6) is -0.267. The van der Waals surface area contributed by atoms with Gasteiger partial charge in [0.15, 0.2) is 4.73 Å². The van der Waals surface area contributed by atoms with Crippen LogP contribution in [-0.4, -0.2) is 9.38 Å². The number of aromatic nitrogens is 2. The van der Waals surface area contributed by atoms with E-state index in [0.717, 1.165) is 5.52 Å². The molecule has 0 aliphatic heterocycles. The SMILES string of the molecule is Fc1ccc2cnc(Br)n2c1. The molecule has 2 heterocycles. The van der Waals surface area contributed by atoms with Crippen molar-refractivity contribution in [2.24, 2.45) is 0 Å². The molecule has 0 saturated heterocycles. The molecule has 0 bridgehead atoms. The Labute approximate surface area is 70.8 Å². The van der Waals surface area contributed by atoms with Crippen molar-refractivity contribution in [3.8, 4) is 0 Å². The first-order chi connectivity index (χ1) is 5.27. The third kappa shape index (κ3) is 1.03. The monoisotopic (exact) mass is 214 g/mol. The zero-order valence-electron chi connectivity index (χ0n) is 5.46. The van der Waals surface area contributed by atoms with Crippen LogP contribution in [0.5, 0.6) is 0 Å². The summed E-state index contributed by atoms with van der Waals surface area (Å²) in [5, 5.41) is 0. The zero-order chi connectivity index (χ0) is 7.84. The standard InChI is InChI=1S/C7H4BrFN2/c8-7-10-3-6-2-1-5(9)4-11(6)7/h1-4H. The molecule has 11 heavy (non-hydrogen) atoms. The fourth-order valence-electron chi connectivity index (χ4n) is 0.933. The molecule has 0 amide bonds. The molecule has 2 aromatic rings. The van der Waals surface area contributed by atoms with Crippen LogP contribution >= 0.6 is 15.9 Å². The summed E-state index contributed by atoms with van der Waals surface area (Å²) in [6.45, 7) is 0. The summed E-state index contributed by atoms with van der Waals surface area (Å²) in [5.41, 5.74) is 0.873. The number of hydrogen-bond acceptors (Lipinski definition) is 1. The maximum absolute atomic E-state index is 12.6. The second kappa shape index (κ2) is 2.30. The van der Waals surface area contributed by atoms with E-state index < -0.39 is 0 Å². The Morgan fingerprint density at radius 2 is 2.27 bits per heavy atom. The van der Waals surface area contributed by atoms with Gasteiger partial charge in [-0.05, 0) is 28.1 Å². The van der Waals surface area contributed by atoms with E-state index >= 15 is 0 Å². The maximum Gasteiger partial charge on any atom is 0.181 e. The highest BCUT2D eigenvalue weighted by Gasteiger charge is 1.99. The average Bonchev–Trinajstić information content (AvgIpc) is 2.33. The summed E-state index contributed by atoms with van der Waals surface area (Å²) >= 11 is 3.19. The third-order valence-electron chi connectivity index (χ3n) is 1.45. The number of fused-ring (bicyclic) bond motifs is 1. The molecular formula is C7H4BrFN2. The molecule has 0 fully saturated rings. The van der Waals surface area contributed by atoms with Gasteiger partial charge in [-0.25, -0.2) is 9.37 Å². The lowest BCUT2D eigenvalue weighted by Crippen LogP contribution is -1.85.